The SMILES string of the molecule is CCC(CC)C(Br)CNC(=O)COc1cccc(Cl)c1. The first-order chi connectivity index (χ1) is 9.56. The smallest absolute Gasteiger partial charge is 0.257 e. The zero-order valence-corrected chi connectivity index (χ0v) is 14.2. The number of hydrogen-bond acceptors (Lipinski definition) is 2. The van der Waals surface area contributed by atoms with Gasteiger partial charge in [0.2, 0.25) is 0 Å². The van der Waals surface area contributed by atoms with E-state index in [1.54, 1.807) is 24.3 Å². The Morgan fingerprint density at radius 2 is 2.10 bits per heavy atom. The monoisotopic (exact) mass is 361 g/mol. The molecule has 1 aromatic rings. The van der Waals surface area contributed by atoms with Crippen molar-refractivity contribution in [2.45, 2.75) is 31.5 Å². The number of alkyl halides is 1. The first kappa shape index (κ1) is 17.3. The van der Waals surface area contributed by atoms with Gasteiger partial charge >= 0.3 is 0 Å². The van der Waals surface area contributed by atoms with Gasteiger partial charge in [-0.2, -0.15) is 0 Å². The quantitative estimate of drug-likeness (QED) is 0.709. The number of nitrogens with one attached hydrogen (secondary N) is 1. The van der Waals surface area contributed by atoms with Crippen LogP contribution in [0.4, 0.5) is 0 Å². The Morgan fingerprint density at radius 1 is 1.40 bits per heavy atom. The summed E-state index contributed by atoms with van der Waals surface area (Å²) in [5.74, 6) is 1.05. The van der Waals surface area contributed by atoms with Crippen LogP contribution in [0.5, 0.6) is 5.75 Å². The lowest BCUT2D eigenvalue weighted by Crippen LogP contribution is -2.35. The van der Waals surface area contributed by atoms with Crippen LogP contribution < -0.4 is 10.1 Å². The summed E-state index contributed by atoms with van der Waals surface area (Å²) in [5.41, 5.74) is 0. The van der Waals surface area contributed by atoms with Crippen LogP contribution in [0.25, 0.3) is 0 Å². The summed E-state index contributed by atoms with van der Waals surface area (Å²) in [4.78, 5) is 12.0. The maximum absolute atomic E-state index is 11.7. The van der Waals surface area contributed by atoms with Crippen LogP contribution in [0.2, 0.25) is 5.02 Å². The summed E-state index contributed by atoms with van der Waals surface area (Å²) in [6, 6.07) is 7.01. The van der Waals surface area contributed by atoms with Crippen LogP contribution >= 0.6 is 27.5 Å². The molecule has 0 radical (unpaired) electrons. The molecule has 0 saturated heterocycles. The Labute approximate surface area is 134 Å². The van der Waals surface area contributed by atoms with E-state index >= 15 is 0 Å². The molecule has 0 bridgehead atoms. The molecule has 20 heavy (non-hydrogen) atoms. The molecule has 1 unspecified atom stereocenters. The molecule has 1 aromatic carbocycles. The van der Waals surface area contributed by atoms with Gasteiger partial charge in [0.1, 0.15) is 5.75 Å². The van der Waals surface area contributed by atoms with Crippen molar-refractivity contribution >= 4 is 33.4 Å². The van der Waals surface area contributed by atoms with Crippen LogP contribution in [0.3, 0.4) is 0 Å². The first-order valence-electron chi connectivity index (χ1n) is 6.85. The van der Waals surface area contributed by atoms with E-state index in [9.17, 15) is 4.79 Å². The van der Waals surface area contributed by atoms with Crippen molar-refractivity contribution in [1.82, 2.24) is 5.32 Å². The molecule has 0 aliphatic rings. The largest absolute Gasteiger partial charge is 0.484 e. The topological polar surface area (TPSA) is 38.3 Å². The van der Waals surface area contributed by atoms with E-state index in [4.69, 9.17) is 16.3 Å². The van der Waals surface area contributed by atoms with E-state index in [1.807, 2.05) is 0 Å². The van der Waals surface area contributed by atoms with Gasteiger partial charge in [-0.25, -0.2) is 0 Å². The highest BCUT2D eigenvalue weighted by Crippen LogP contribution is 2.19. The van der Waals surface area contributed by atoms with E-state index in [2.05, 4.69) is 35.1 Å². The minimum atomic E-state index is -0.125. The second-order valence-electron chi connectivity index (χ2n) is 4.64. The van der Waals surface area contributed by atoms with Crippen LogP contribution in [0, 0.1) is 5.92 Å². The molecular weight excluding hydrogens is 342 g/mol. The maximum Gasteiger partial charge on any atom is 0.257 e. The van der Waals surface area contributed by atoms with Crippen molar-refractivity contribution in [3.8, 4) is 5.75 Å². The van der Waals surface area contributed by atoms with E-state index in [1.165, 1.54) is 0 Å². The van der Waals surface area contributed by atoms with Gasteiger partial charge in [-0.1, -0.05) is 60.3 Å². The third-order valence-corrected chi connectivity index (χ3v) is 4.53. The van der Waals surface area contributed by atoms with Gasteiger partial charge in [-0.05, 0) is 24.1 Å². The fraction of sp³-hybridized carbons (Fsp3) is 0.533. The predicted octanol–water partition coefficient (Wildman–Crippen LogP) is 4.03. The fourth-order valence-electron chi connectivity index (χ4n) is 1.93. The number of carbonyl (C=O) groups excluding carboxylic acids is 1. The summed E-state index contributed by atoms with van der Waals surface area (Å²) in [6.45, 7) is 4.94. The number of rotatable bonds is 8. The Morgan fingerprint density at radius 3 is 2.70 bits per heavy atom. The van der Waals surface area contributed by atoms with Crippen molar-refractivity contribution in [2.24, 2.45) is 5.92 Å². The van der Waals surface area contributed by atoms with Crippen molar-refractivity contribution in [3.05, 3.63) is 29.3 Å². The maximum atomic E-state index is 11.7. The van der Waals surface area contributed by atoms with Crippen LogP contribution in [0.1, 0.15) is 26.7 Å². The highest BCUT2D eigenvalue weighted by Gasteiger charge is 2.16. The van der Waals surface area contributed by atoms with E-state index in [-0.39, 0.29) is 12.5 Å². The number of amides is 1. The van der Waals surface area contributed by atoms with Crippen molar-refractivity contribution < 1.29 is 9.53 Å². The number of ether oxygens (including phenoxy) is 1. The molecule has 1 N–H and O–H groups in total. The molecule has 112 valence electrons. The molecule has 3 nitrogen and oxygen atoms in total. The predicted molar refractivity (Wildman–Crippen MR) is 86.7 cm³/mol. The molecule has 0 heterocycles. The average Bonchev–Trinajstić information content (AvgIpc) is 2.44. The molecule has 0 spiro atoms. The third-order valence-electron chi connectivity index (χ3n) is 3.22. The van der Waals surface area contributed by atoms with Gasteiger partial charge in [0.25, 0.3) is 5.91 Å². The molecule has 0 aromatic heterocycles. The Kier molecular flexibility index (Phi) is 8.00. The molecule has 0 saturated carbocycles. The lowest BCUT2D eigenvalue weighted by atomic mass is 9.99. The van der Waals surface area contributed by atoms with Gasteiger partial charge < -0.3 is 10.1 Å². The normalized spacial score (nSPS) is 12.2. The Hall–Kier alpha value is -0.740. The van der Waals surface area contributed by atoms with Gasteiger partial charge in [-0.3, -0.25) is 4.79 Å². The van der Waals surface area contributed by atoms with E-state index in [0.29, 0.717) is 28.1 Å². The van der Waals surface area contributed by atoms with Crippen molar-refractivity contribution in [2.75, 3.05) is 13.2 Å². The second kappa shape index (κ2) is 9.24. The van der Waals surface area contributed by atoms with Gasteiger partial charge in [0.05, 0.1) is 0 Å². The number of benzene rings is 1. The lowest BCUT2D eigenvalue weighted by Gasteiger charge is -2.19. The Balaban J connectivity index is 2.30. The van der Waals surface area contributed by atoms with E-state index < -0.39 is 0 Å². The summed E-state index contributed by atoms with van der Waals surface area (Å²) in [7, 11) is 0. The minimum Gasteiger partial charge on any atom is -0.484 e. The summed E-state index contributed by atoms with van der Waals surface area (Å²) in [5, 5.41) is 3.47. The zero-order chi connectivity index (χ0) is 15.0. The van der Waals surface area contributed by atoms with Crippen LogP contribution in [-0.4, -0.2) is 23.9 Å². The zero-order valence-electron chi connectivity index (χ0n) is 11.9. The molecular formula is C15H21BrClNO2. The number of halogens is 2. The Bertz CT molecular complexity index is 424. The summed E-state index contributed by atoms with van der Waals surface area (Å²) < 4.78 is 5.38. The van der Waals surface area contributed by atoms with Crippen LogP contribution in [-0.2, 0) is 4.79 Å². The average molecular weight is 363 g/mol. The standard InChI is InChI=1S/C15H21BrClNO2/c1-3-11(4-2)14(16)9-18-15(19)10-20-13-7-5-6-12(17)8-13/h5-8,11,14H,3-4,9-10H2,1-2H3,(H,18,19). The summed E-state index contributed by atoms with van der Waals surface area (Å²) >= 11 is 9.47. The van der Waals surface area contributed by atoms with Crippen LogP contribution in [0.15, 0.2) is 24.3 Å². The molecule has 0 aliphatic carbocycles. The van der Waals surface area contributed by atoms with Gasteiger partial charge in [0.15, 0.2) is 6.61 Å². The fourth-order valence-corrected chi connectivity index (χ4v) is 3.02. The summed E-state index contributed by atoms with van der Waals surface area (Å²) in [6.07, 6.45) is 2.20. The van der Waals surface area contributed by atoms with Gasteiger partial charge in [0, 0.05) is 16.4 Å². The second-order valence-corrected chi connectivity index (χ2v) is 6.26. The third kappa shape index (κ3) is 6.14. The van der Waals surface area contributed by atoms with Crippen molar-refractivity contribution in [1.29, 1.82) is 0 Å². The molecule has 0 aliphatic heterocycles. The van der Waals surface area contributed by atoms with Crippen molar-refractivity contribution in [3.63, 3.8) is 0 Å². The highest BCUT2D eigenvalue weighted by molar-refractivity contribution is 9.09. The molecule has 5 heteroatoms. The molecule has 1 atom stereocenters. The molecule has 0 fully saturated rings. The first-order valence-corrected chi connectivity index (χ1v) is 8.15. The van der Waals surface area contributed by atoms with Gasteiger partial charge in [-0.15, -0.1) is 0 Å². The number of carbonyl (C=O) groups is 1. The molecule has 1 rings (SSSR count). The molecule has 1 amide bonds. The highest BCUT2D eigenvalue weighted by atomic mass is 79.9. The number of hydrogen-bond donors (Lipinski definition) is 1. The van der Waals surface area contributed by atoms with E-state index in [0.717, 1.165) is 12.8 Å². The lowest BCUT2D eigenvalue weighted by molar-refractivity contribution is -0.123. The minimum absolute atomic E-state index is 0.00296.